The van der Waals surface area contributed by atoms with Gasteiger partial charge in [-0.25, -0.2) is 9.97 Å². The molecule has 0 aliphatic heterocycles. The summed E-state index contributed by atoms with van der Waals surface area (Å²) >= 11 is 7.52. The number of anilines is 2. The molecule has 0 bridgehead atoms. The first kappa shape index (κ1) is 21.1. The van der Waals surface area contributed by atoms with Crippen LogP contribution in [-0.4, -0.2) is 30.2 Å². The number of ether oxygens (including phenoxy) is 2. The molecular formula is C21H22ClN3O3S. The molecule has 2 heterocycles. The number of esters is 1. The molecule has 0 unspecified atom stereocenters. The number of carbonyl (C=O) groups is 1. The van der Waals surface area contributed by atoms with Crippen molar-refractivity contribution >= 4 is 40.4 Å². The van der Waals surface area contributed by atoms with Gasteiger partial charge >= 0.3 is 5.97 Å². The van der Waals surface area contributed by atoms with Crippen molar-refractivity contribution in [1.82, 2.24) is 9.97 Å². The van der Waals surface area contributed by atoms with Gasteiger partial charge in [-0.3, -0.25) is 4.79 Å². The average molecular weight is 432 g/mol. The summed E-state index contributed by atoms with van der Waals surface area (Å²) in [6.07, 6.45) is 0.938. The molecule has 0 fully saturated rings. The summed E-state index contributed by atoms with van der Waals surface area (Å²) in [6.45, 7) is 4.04. The first-order valence-corrected chi connectivity index (χ1v) is 10.3. The molecule has 0 saturated carbocycles. The molecule has 0 aliphatic carbocycles. The zero-order valence-electron chi connectivity index (χ0n) is 16.7. The highest BCUT2D eigenvalue weighted by atomic mass is 35.5. The first-order chi connectivity index (χ1) is 13.9. The minimum atomic E-state index is -0.317. The number of hydrogen-bond acceptors (Lipinski definition) is 7. The standard InChI is InChI=1S/C21H22ClN3O3S/c1-5-15-12(2)23-21(17-8-9-18(22)29-17)25-20(15)24-14-7-6-13(10-19(26)28-4)16(11-14)27-3/h6-9,11H,5,10H2,1-4H3,(H,23,24,25). The number of benzene rings is 1. The number of nitrogens with one attached hydrogen (secondary N) is 1. The van der Waals surface area contributed by atoms with Gasteiger partial charge in [0.2, 0.25) is 0 Å². The second-order valence-corrected chi connectivity index (χ2v) is 8.04. The maximum Gasteiger partial charge on any atom is 0.310 e. The van der Waals surface area contributed by atoms with Crippen LogP contribution in [0.1, 0.15) is 23.7 Å². The summed E-state index contributed by atoms with van der Waals surface area (Å²) in [5.41, 5.74) is 3.51. The van der Waals surface area contributed by atoms with E-state index in [1.54, 1.807) is 7.11 Å². The normalized spacial score (nSPS) is 10.7. The third-order valence-corrected chi connectivity index (χ3v) is 5.70. The molecule has 0 amide bonds. The maximum atomic E-state index is 11.6. The molecule has 0 radical (unpaired) electrons. The molecule has 0 aliphatic rings. The van der Waals surface area contributed by atoms with E-state index < -0.39 is 0 Å². The van der Waals surface area contributed by atoms with Crippen molar-refractivity contribution in [2.75, 3.05) is 19.5 Å². The fourth-order valence-electron chi connectivity index (χ4n) is 3.00. The molecule has 0 saturated heterocycles. The Hall–Kier alpha value is -2.64. The lowest BCUT2D eigenvalue weighted by atomic mass is 10.1. The Morgan fingerprint density at radius 3 is 2.62 bits per heavy atom. The summed E-state index contributed by atoms with van der Waals surface area (Å²) in [5, 5.41) is 3.37. The summed E-state index contributed by atoms with van der Waals surface area (Å²) in [7, 11) is 2.94. The van der Waals surface area contributed by atoms with E-state index in [4.69, 9.17) is 26.1 Å². The van der Waals surface area contributed by atoms with Gasteiger partial charge in [-0.2, -0.15) is 0 Å². The molecule has 0 atom stereocenters. The second kappa shape index (κ2) is 9.24. The van der Waals surface area contributed by atoms with Crippen molar-refractivity contribution in [3.05, 3.63) is 51.5 Å². The van der Waals surface area contributed by atoms with Crippen molar-refractivity contribution in [2.45, 2.75) is 26.7 Å². The fraction of sp³-hybridized carbons (Fsp3) is 0.286. The van der Waals surface area contributed by atoms with Gasteiger partial charge in [-0.1, -0.05) is 24.6 Å². The Morgan fingerprint density at radius 2 is 2.00 bits per heavy atom. The number of hydrogen-bond donors (Lipinski definition) is 1. The van der Waals surface area contributed by atoms with E-state index in [1.165, 1.54) is 18.4 Å². The van der Waals surface area contributed by atoms with Crippen LogP contribution in [0, 0.1) is 6.92 Å². The van der Waals surface area contributed by atoms with Gasteiger partial charge in [0.05, 0.1) is 29.9 Å². The predicted molar refractivity (Wildman–Crippen MR) is 116 cm³/mol. The Balaban J connectivity index is 1.96. The Labute approximate surface area is 178 Å². The van der Waals surface area contributed by atoms with E-state index in [2.05, 4.69) is 17.2 Å². The summed E-state index contributed by atoms with van der Waals surface area (Å²) in [4.78, 5) is 21.9. The van der Waals surface area contributed by atoms with Crippen LogP contribution in [-0.2, 0) is 22.4 Å². The minimum Gasteiger partial charge on any atom is -0.496 e. The monoisotopic (exact) mass is 431 g/mol. The van der Waals surface area contributed by atoms with Crippen LogP contribution in [0.4, 0.5) is 11.5 Å². The lowest BCUT2D eigenvalue weighted by Gasteiger charge is -2.15. The van der Waals surface area contributed by atoms with E-state index in [0.717, 1.165) is 39.6 Å². The largest absolute Gasteiger partial charge is 0.496 e. The van der Waals surface area contributed by atoms with Crippen LogP contribution in [0.5, 0.6) is 5.75 Å². The SMILES string of the molecule is CCc1c(C)nc(-c2ccc(Cl)s2)nc1Nc1ccc(CC(=O)OC)c(OC)c1. The van der Waals surface area contributed by atoms with Gasteiger partial charge in [-0.15, -0.1) is 11.3 Å². The Bertz CT molecular complexity index is 1040. The van der Waals surface area contributed by atoms with Crippen molar-refractivity contribution < 1.29 is 14.3 Å². The molecule has 152 valence electrons. The third kappa shape index (κ3) is 4.86. The average Bonchev–Trinajstić information content (AvgIpc) is 3.15. The number of aromatic nitrogens is 2. The quantitative estimate of drug-likeness (QED) is 0.518. The number of thiophene rings is 1. The number of carbonyl (C=O) groups excluding carboxylic acids is 1. The molecular weight excluding hydrogens is 410 g/mol. The highest BCUT2D eigenvalue weighted by Gasteiger charge is 2.15. The van der Waals surface area contributed by atoms with E-state index in [9.17, 15) is 4.79 Å². The topological polar surface area (TPSA) is 73.3 Å². The van der Waals surface area contributed by atoms with Crippen molar-refractivity contribution in [3.8, 4) is 16.5 Å². The molecule has 8 heteroatoms. The highest BCUT2D eigenvalue weighted by Crippen LogP contribution is 2.32. The van der Waals surface area contributed by atoms with Crippen molar-refractivity contribution in [3.63, 3.8) is 0 Å². The molecule has 29 heavy (non-hydrogen) atoms. The van der Waals surface area contributed by atoms with E-state index >= 15 is 0 Å². The van der Waals surface area contributed by atoms with E-state index in [1.807, 2.05) is 37.3 Å². The number of halogens is 1. The van der Waals surface area contributed by atoms with Crippen LogP contribution in [0.25, 0.3) is 10.7 Å². The molecule has 2 aromatic heterocycles. The van der Waals surface area contributed by atoms with Crippen LogP contribution < -0.4 is 10.1 Å². The number of aryl methyl sites for hydroxylation is 1. The molecule has 1 N–H and O–H groups in total. The fourth-order valence-corrected chi connectivity index (χ4v) is 3.98. The van der Waals surface area contributed by atoms with Gasteiger partial charge in [0.1, 0.15) is 11.6 Å². The van der Waals surface area contributed by atoms with Crippen LogP contribution in [0.15, 0.2) is 30.3 Å². The summed E-state index contributed by atoms with van der Waals surface area (Å²) < 4.78 is 10.9. The smallest absolute Gasteiger partial charge is 0.310 e. The Morgan fingerprint density at radius 1 is 1.21 bits per heavy atom. The van der Waals surface area contributed by atoms with Crippen LogP contribution in [0.3, 0.4) is 0 Å². The molecule has 1 aromatic carbocycles. The zero-order valence-corrected chi connectivity index (χ0v) is 18.3. The number of rotatable bonds is 7. The minimum absolute atomic E-state index is 0.149. The number of methoxy groups -OCH3 is 2. The van der Waals surface area contributed by atoms with Crippen LogP contribution in [0.2, 0.25) is 4.34 Å². The Kier molecular flexibility index (Phi) is 6.71. The lowest BCUT2D eigenvalue weighted by molar-refractivity contribution is -0.139. The summed E-state index contributed by atoms with van der Waals surface area (Å²) in [5.74, 6) is 1.66. The highest BCUT2D eigenvalue weighted by molar-refractivity contribution is 7.19. The van der Waals surface area contributed by atoms with Crippen molar-refractivity contribution in [2.24, 2.45) is 0 Å². The molecule has 6 nitrogen and oxygen atoms in total. The second-order valence-electron chi connectivity index (χ2n) is 6.32. The molecule has 3 rings (SSSR count). The molecule has 0 spiro atoms. The number of nitrogens with zero attached hydrogens (tertiary/aromatic N) is 2. The zero-order chi connectivity index (χ0) is 21.0. The van der Waals surface area contributed by atoms with E-state index in [0.29, 0.717) is 15.9 Å². The van der Waals surface area contributed by atoms with Crippen molar-refractivity contribution in [1.29, 1.82) is 0 Å². The summed E-state index contributed by atoms with van der Waals surface area (Å²) in [6, 6.07) is 9.34. The van der Waals surface area contributed by atoms with Gasteiger partial charge in [0, 0.05) is 28.6 Å². The van der Waals surface area contributed by atoms with Gasteiger partial charge in [0.15, 0.2) is 5.82 Å². The lowest BCUT2D eigenvalue weighted by Crippen LogP contribution is -2.07. The van der Waals surface area contributed by atoms with E-state index in [-0.39, 0.29) is 12.4 Å². The van der Waals surface area contributed by atoms with Crippen LogP contribution >= 0.6 is 22.9 Å². The first-order valence-electron chi connectivity index (χ1n) is 9.09. The van der Waals surface area contributed by atoms with Gasteiger partial charge in [0.25, 0.3) is 0 Å². The van der Waals surface area contributed by atoms with Gasteiger partial charge in [-0.05, 0) is 31.5 Å². The third-order valence-electron chi connectivity index (χ3n) is 4.47. The maximum absolute atomic E-state index is 11.6. The van der Waals surface area contributed by atoms with Gasteiger partial charge < -0.3 is 14.8 Å². The predicted octanol–water partition coefficient (Wildman–Crippen LogP) is 5.20. The molecule has 3 aromatic rings.